The summed E-state index contributed by atoms with van der Waals surface area (Å²) in [5, 5.41) is 8.26. The number of H-pyrrole nitrogens is 1. The molecule has 0 saturated heterocycles. The van der Waals surface area contributed by atoms with E-state index in [1.165, 1.54) is 17.8 Å². The number of fused-ring (bicyclic) bond motifs is 1. The topological polar surface area (TPSA) is 133 Å². The van der Waals surface area contributed by atoms with Crippen LogP contribution in [0.4, 0.5) is 17.3 Å². The Morgan fingerprint density at radius 1 is 1.00 bits per heavy atom. The van der Waals surface area contributed by atoms with Crippen molar-refractivity contribution in [1.29, 1.82) is 0 Å². The van der Waals surface area contributed by atoms with Crippen LogP contribution in [0, 0.1) is 0 Å². The highest BCUT2D eigenvalue weighted by Crippen LogP contribution is 2.33. The summed E-state index contributed by atoms with van der Waals surface area (Å²) in [6, 6.07) is 5.24. The number of rotatable bonds is 2. The molecule has 0 saturated carbocycles. The minimum Gasteiger partial charge on any atom is -0.398 e. The molecule has 2 aromatic heterocycles. The largest absolute Gasteiger partial charge is 0.398 e. The number of hydrogen-bond donors (Lipinski definition) is 4. The summed E-state index contributed by atoms with van der Waals surface area (Å²) in [6.07, 6.45) is 1.72. The lowest BCUT2D eigenvalue weighted by Crippen LogP contribution is -1.99. The van der Waals surface area contributed by atoms with Gasteiger partial charge in [0.05, 0.1) is 11.7 Å². The normalized spacial score (nSPS) is 10.9. The van der Waals surface area contributed by atoms with E-state index in [0.29, 0.717) is 22.5 Å². The fourth-order valence-electron chi connectivity index (χ4n) is 1.68. The van der Waals surface area contributed by atoms with Crippen molar-refractivity contribution in [2.24, 2.45) is 0 Å². The van der Waals surface area contributed by atoms with Gasteiger partial charge < -0.3 is 17.2 Å². The summed E-state index contributed by atoms with van der Waals surface area (Å²) in [7, 11) is 0. The van der Waals surface area contributed by atoms with Crippen molar-refractivity contribution >= 4 is 40.0 Å². The Labute approximate surface area is 112 Å². The zero-order valence-electron chi connectivity index (χ0n) is 9.79. The Morgan fingerprint density at radius 3 is 2.47 bits per heavy atom. The van der Waals surface area contributed by atoms with Gasteiger partial charge in [-0.2, -0.15) is 5.10 Å². The zero-order chi connectivity index (χ0) is 13.4. The number of aromatic nitrogens is 4. The maximum atomic E-state index is 5.99. The number of nitrogens with two attached hydrogens (primary N) is 3. The van der Waals surface area contributed by atoms with Crippen LogP contribution < -0.4 is 17.2 Å². The van der Waals surface area contributed by atoms with Crippen molar-refractivity contribution in [3.63, 3.8) is 0 Å². The predicted octanol–water partition coefficient (Wildman–Crippen LogP) is 1.25. The monoisotopic (exact) mass is 273 g/mol. The molecule has 0 fully saturated rings. The summed E-state index contributed by atoms with van der Waals surface area (Å²) in [6.45, 7) is 0. The minimum absolute atomic E-state index is 0.330. The number of nitrogens with zero attached hydrogens (tertiary/aromatic N) is 3. The van der Waals surface area contributed by atoms with E-state index in [0.717, 1.165) is 15.8 Å². The van der Waals surface area contributed by atoms with Gasteiger partial charge in [0.15, 0.2) is 5.16 Å². The van der Waals surface area contributed by atoms with Gasteiger partial charge in [-0.05, 0) is 23.9 Å². The first-order valence-corrected chi connectivity index (χ1v) is 6.24. The van der Waals surface area contributed by atoms with Gasteiger partial charge in [-0.15, -0.1) is 0 Å². The van der Waals surface area contributed by atoms with E-state index < -0.39 is 0 Å². The summed E-state index contributed by atoms with van der Waals surface area (Å²) in [5.41, 5.74) is 18.8. The molecule has 8 heteroatoms. The Bertz CT molecular complexity index is 732. The van der Waals surface area contributed by atoms with Crippen LogP contribution in [0.25, 0.3) is 10.9 Å². The van der Waals surface area contributed by atoms with Crippen LogP contribution in [0.15, 0.2) is 34.4 Å². The Morgan fingerprint density at radius 2 is 1.74 bits per heavy atom. The van der Waals surface area contributed by atoms with Gasteiger partial charge >= 0.3 is 0 Å². The smallest absolute Gasteiger partial charge is 0.196 e. The molecule has 0 bridgehead atoms. The van der Waals surface area contributed by atoms with Crippen LogP contribution in [0.3, 0.4) is 0 Å². The maximum Gasteiger partial charge on any atom is 0.196 e. The molecule has 0 radical (unpaired) electrons. The van der Waals surface area contributed by atoms with Crippen LogP contribution in [0.5, 0.6) is 0 Å². The molecule has 0 aliphatic heterocycles. The molecule has 3 rings (SSSR count). The zero-order valence-corrected chi connectivity index (χ0v) is 10.6. The van der Waals surface area contributed by atoms with E-state index in [1.54, 1.807) is 6.20 Å². The third-order valence-corrected chi connectivity index (χ3v) is 3.46. The number of aromatic amines is 1. The first-order chi connectivity index (χ1) is 9.11. The van der Waals surface area contributed by atoms with Crippen LogP contribution in [-0.2, 0) is 0 Å². The standard InChI is InChI=1S/C11H11N7S/c12-6-1-5-4-15-18-7(5)2-8(6)19-11-16-9(13)3-10(14)17-11/h1-4H,12H2,(H,15,18)(H4,13,14,16,17). The molecular weight excluding hydrogens is 262 g/mol. The van der Waals surface area contributed by atoms with Crippen molar-refractivity contribution in [3.8, 4) is 0 Å². The van der Waals surface area contributed by atoms with Crippen molar-refractivity contribution in [3.05, 3.63) is 24.4 Å². The average molecular weight is 273 g/mol. The van der Waals surface area contributed by atoms with Crippen LogP contribution in [-0.4, -0.2) is 20.2 Å². The highest BCUT2D eigenvalue weighted by atomic mass is 32.2. The van der Waals surface area contributed by atoms with Gasteiger partial charge in [0, 0.05) is 22.0 Å². The van der Waals surface area contributed by atoms with Crippen molar-refractivity contribution in [1.82, 2.24) is 20.2 Å². The second-order valence-corrected chi connectivity index (χ2v) is 4.96. The summed E-state index contributed by atoms with van der Waals surface area (Å²) < 4.78 is 0. The minimum atomic E-state index is 0.330. The van der Waals surface area contributed by atoms with Gasteiger partial charge in [-0.3, -0.25) is 5.10 Å². The number of hydrogen-bond acceptors (Lipinski definition) is 7. The molecule has 0 spiro atoms. The molecule has 0 aliphatic rings. The fraction of sp³-hybridized carbons (Fsp3) is 0. The van der Waals surface area contributed by atoms with Gasteiger partial charge in [0.25, 0.3) is 0 Å². The molecular formula is C11H11N7S. The lowest BCUT2D eigenvalue weighted by molar-refractivity contribution is 0.985. The predicted molar refractivity (Wildman–Crippen MR) is 75.5 cm³/mol. The van der Waals surface area contributed by atoms with Gasteiger partial charge in [0.1, 0.15) is 11.6 Å². The van der Waals surface area contributed by atoms with E-state index in [4.69, 9.17) is 17.2 Å². The summed E-state index contributed by atoms with van der Waals surface area (Å²) in [4.78, 5) is 9.03. The van der Waals surface area contributed by atoms with Gasteiger partial charge in [-0.1, -0.05) is 0 Å². The molecule has 19 heavy (non-hydrogen) atoms. The molecule has 7 N–H and O–H groups in total. The highest BCUT2D eigenvalue weighted by molar-refractivity contribution is 7.99. The lowest BCUT2D eigenvalue weighted by Gasteiger charge is -2.05. The molecule has 0 unspecified atom stereocenters. The van der Waals surface area contributed by atoms with E-state index in [1.807, 2.05) is 12.1 Å². The fourth-order valence-corrected chi connectivity index (χ4v) is 2.54. The molecule has 96 valence electrons. The Hall–Kier alpha value is -2.48. The maximum absolute atomic E-state index is 5.99. The number of nitrogens with one attached hydrogen (secondary N) is 1. The molecule has 3 aromatic rings. The molecule has 0 aliphatic carbocycles. The first-order valence-electron chi connectivity index (χ1n) is 5.42. The van der Waals surface area contributed by atoms with E-state index in [9.17, 15) is 0 Å². The van der Waals surface area contributed by atoms with Crippen LogP contribution >= 0.6 is 11.8 Å². The van der Waals surface area contributed by atoms with Crippen LogP contribution in [0.1, 0.15) is 0 Å². The van der Waals surface area contributed by atoms with E-state index >= 15 is 0 Å². The molecule has 7 nitrogen and oxygen atoms in total. The van der Waals surface area contributed by atoms with Crippen molar-refractivity contribution < 1.29 is 0 Å². The molecule has 0 amide bonds. The summed E-state index contributed by atoms with van der Waals surface area (Å²) >= 11 is 1.31. The third kappa shape index (κ3) is 2.25. The average Bonchev–Trinajstić information content (AvgIpc) is 2.75. The van der Waals surface area contributed by atoms with Gasteiger partial charge in [-0.25, -0.2) is 9.97 Å². The number of anilines is 3. The molecule has 1 aromatic carbocycles. The second kappa shape index (κ2) is 4.32. The van der Waals surface area contributed by atoms with E-state index in [-0.39, 0.29) is 0 Å². The molecule has 0 atom stereocenters. The quantitative estimate of drug-likeness (QED) is 0.408. The molecule has 2 heterocycles. The lowest BCUT2D eigenvalue weighted by atomic mass is 10.2. The number of benzene rings is 1. The number of nitrogen functional groups attached to an aromatic ring is 3. The third-order valence-electron chi connectivity index (χ3n) is 2.52. The first kappa shape index (κ1) is 11.6. The van der Waals surface area contributed by atoms with Gasteiger partial charge in [0.2, 0.25) is 0 Å². The second-order valence-electron chi connectivity index (χ2n) is 3.95. The van der Waals surface area contributed by atoms with Crippen molar-refractivity contribution in [2.45, 2.75) is 10.1 Å². The van der Waals surface area contributed by atoms with Crippen molar-refractivity contribution in [2.75, 3.05) is 17.2 Å². The Balaban J connectivity index is 2.02. The Kier molecular flexibility index (Phi) is 2.64. The van der Waals surface area contributed by atoms with E-state index in [2.05, 4.69) is 20.2 Å². The summed E-state index contributed by atoms with van der Waals surface area (Å²) in [5.74, 6) is 0.660. The highest BCUT2D eigenvalue weighted by Gasteiger charge is 2.08. The SMILES string of the molecule is Nc1cc(N)nc(Sc2cc3[nH]ncc3cc2N)n1. The van der Waals surface area contributed by atoms with Crippen LogP contribution in [0.2, 0.25) is 0 Å².